The molecule has 0 aliphatic carbocycles. The maximum absolute atomic E-state index is 12.6. The Morgan fingerprint density at radius 2 is 1.66 bits per heavy atom. The average molecular weight is 648 g/mol. The minimum Gasteiger partial charge on any atom is -0.493 e. The molecule has 0 saturated carbocycles. The highest BCUT2D eigenvalue weighted by Gasteiger charge is 2.32. The van der Waals surface area contributed by atoms with Crippen molar-refractivity contribution in [2.45, 2.75) is 26.5 Å². The number of urea groups is 1. The molecular weight excluding hydrogens is 614 g/mol. The first-order chi connectivity index (χ1) is 22.6. The van der Waals surface area contributed by atoms with Gasteiger partial charge in [-0.25, -0.2) is 15.0 Å². The number of benzene rings is 3. The summed E-state index contributed by atoms with van der Waals surface area (Å²) < 4.78 is 27.5. The summed E-state index contributed by atoms with van der Waals surface area (Å²) in [7, 11) is 2.90. The van der Waals surface area contributed by atoms with Crippen molar-refractivity contribution in [1.29, 1.82) is 0 Å². The molecule has 0 saturated heterocycles. The molecule has 0 radical (unpaired) electrons. The van der Waals surface area contributed by atoms with Crippen LogP contribution in [0.1, 0.15) is 36.6 Å². The van der Waals surface area contributed by atoms with E-state index in [4.69, 9.17) is 23.7 Å². The van der Waals surface area contributed by atoms with Crippen LogP contribution in [0.4, 0.5) is 10.5 Å². The van der Waals surface area contributed by atoms with Gasteiger partial charge in [-0.3, -0.25) is 14.9 Å². The Labute approximate surface area is 269 Å². The summed E-state index contributed by atoms with van der Waals surface area (Å²) in [5.41, 5.74) is 4.90. The number of hydrazone groups is 1. The highest BCUT2D eigenvalue weighted by Crippen LogP contribution is 2.34. The minimum atomic E-state index is -0.794. The van der Waals surface area contributed by atoms with Crippen molar-refractivity contribution in [1.82, 2.24) is 16.1 Å². The van der Waals surface area contributed by atoms with Crippen molar-refractivity contribution in [3.8, 4) is 23.0 Å². The number of nitro groups is 1. The van der Waals surface area contributed by atoms with Gasteiger partial charge in [0.1, 0.15) is 6.61 Å². The largest absolute Gasteiger partial charge is 0.493 e. The van der Waals surface area contributed by atoms with Crippen LogP contribution in [0.5, 0.6) is 23.0 Å². The van der Waals surface area contributed by atoms with Gasteiger partial charge in [-0.1, -0.05) is 6.07 Å². The van der Waals surface area contributed by atoms with Gasteiger partial charge in [-0.05, 0) is 73.0 Å². The number of hydrogen-bond donors (Lipinski definition) is 3. The van der Waals surface area contributed by atoms with Gasteiger partial charge >= 0.3 is 12.0 Å². The van der Waals surface area contributed by atoms with E-state index in [0.29, 0.717) is 28.3 Å². The maximum atomic E-state index is 12.6. The van der Waals surface area contributed by atoms with Crippen molar-refractivity contribution >= 4 is 29.8 Å². The third kappa shape index (κ3) is 8.75. The Morgan fingerprint density at radius 3 is 2.34 bits per heavy atom. The number of methoxy groups -OCH3 is 2. The van der Waals surface area contributed by atoms with Gasteiger partial charge in [0.15, 0.2) is 29.6 Å². The van der Waals surface area contributed by atoms with E-state index in [1.807, 2.05) is 0 Å². The van der Waals surface area contributed by atoms with Gasteiger partial charge in [0.25, 0.3) is 11.6 Å². The van der Waals surface area contributed by atoms with Crippen molar-refractivity contribution in [3.05, 3.63) is 98.7 Å². The number of carbonyl (C=O) groups is 3. The summed E-state index contributed by atoms with van der Waals surface area (Å²) in [5, 5.41) is 20.1. The summed E-state index contributed by atoms with van der Waals surface area (Å²) in [6.07, 6.45) is 1.42. The molecule has 15 heteroatoms. The summed E-state index contributed by atoms with van der Waals surface area (Å²) in [6.45, 7) is 3.25. The molecule has 0 bridgehead atoms. The average Bonchev–Trinajstić information content (AvgIpc) is 3.06. The Balaban J connectivity index is 1.34. The Morgan fingerprint density at radius 1 is 0.979 bits per heavy atom. The number of ether oxygens (including phenoxy) is 5. The quantitative estimate of drug-likeness (QED) is 0.100. The number of hydrogen-bond acceptors (Lipinski definition) is 11. The Kier molecular flexibility index (Phi) is 11.3. The number of rotatable bonds is 14. The van der Waals surface area contributed by atoms with Crippen LogP contribution in [0.15, 0.2) is 77.0 Å². The molecule has 47 heavy (non-hydrogen) atoms. The summed E-state index contributed by atoms with van der Waals surface area (Å²) in [5.74, 6) is 0.285. The van der Waals surface area contributed by atoms with E-state index >= 15 is 0 Å². The highest BCUT2D eigenvalue weighted by atomic mass is 16.6. The summed E-state index contributed by atoms with van der Waals surface area (Å²) in [4.78, 5) is 47.6. The first kappa shape index (κ1) is 33.8. The minimum absolute atomic E-state index is 0.00703. The molecule has 246 valence electrons. The molecule has 3 amide bonds. The fraction of sp³-hybridized carbons (Fsp3) is 0.250. The van der Waals surface area contributed by atoms with Gasteiger partial charge < -0.3 is 34.3 Å². The molecule has 1 aliphatic rings. The van der Waals surface area contributed by atoms with Crippen LogP contribution in [-0.4, -0.2) is 56.5 Å². The molecule has 1 atom stereocenters. The first-order valence-corrected chi connectivity index (χ1v) is 14.3. The lowest BCUT2D eigenvalue weighted by Crippen LogP contribution is -2.45. The molecule has 4 rings (SSSR count). The van der Waals surface area contributed by atoms with Crippen LogP contribution < -0.4 is 35.0 Å². The van der Waals surface area contributed by atoms with Crippen molar-refractivity contribution in [2.75, 3.05) is 27.4 Å². The number of carbonyl (C=O) groups excluding carboxylic acids is 3. The molecule has 0 fully saturated rings. The van der Waals surface area contributed by atoms with Crippen LogP contribution in [0.3, 0.4) is 0 Å². The van der Waals surface area contributed by atoms with Gasteiger partial charge in [0, 0.05) is 17.8 Å². The standard InChI is InChI=1S/C32H33N5O10/c1-5-45-31(39)29-19(2)34-32(40)35-30(29)22-9-13-25(27(15-22)44-4)47-18-28(38)36-33-16-21-8-12-24(26(14-21)43-3)46-17-20-6-10-23(11-7-20)37(41)42/h6-16,30H,5,17-18H2,1-4H3,(H,36,38)(H2,34,35,40)/b33-16-/t30-/m0/s1. The van der Waals surface area contributed by atoms with E-state index in [1.165, 1.54) is 32.6 Å². The van der Waals surface area contributed by atoms with Gasteiger partial charge in [-0.15, -0.1) is 0 Å². The van der Waals surface area contributed by atoms with E-state index in [9.17, 15) is 24.5 Å². The van der Waals surface area contributed by atoms with Crippen molar-refractivity contribution in [2.24, 2.45) is 5.10 Å². The zero-order valence-electron chi connectivity index (χ0n) is 26.0. The van der Waals surface area contributed by atoms with Crippen LogP contribution in [-0.2, 0) is 20.9 Å². The fourth-order valence-electron chi connectivity index (χ4n) is 4.52. The zero-order chi connectivity index (χ0) is 33.9. The topological polar surface area (TPSA) is 189 Å². The lowest BCUT2D eigenvalue weighted by Gasteiger charge is -2.28. The molecule has 0 spiro atoms. The Hall–Kier alpha value is -6.12. The normalized spacial score (nSPS) is 14.1. The molecule has 3 N–H and O–H groups in total. The second-order valence-electron chi connectivity index (χ2n) is 9.91. The fourth-order valence-corrected chi connectivity index (χ4v) is 4.52. The third-order valence-corrected chi connectivity index (χ3v) is 6.78. The highest BCUT2D eigenvalue weighted by molar-refractivity contribution is 5.95. The number of non-ortho nitro benzene ring substituents is 1. The number of amides is 3. The molecule has 3 aromatic carbocycles. The van der Waals surface area contributed by atoms with Crippen LogP contribution in [0, 0.1) is 10.1 Å². The molecule has 0 unspecified atom stereocenters. The monoisotopic (exact) mass is 647 g/mol. The second-order valence-corrected chi connectivity index (χ2v) is 9.91. The Bertz CT molecular complexity index is 1700. The summed E-state index contributed by atoms with van der Waals surface area (Å²) >= 11 is 0. The van der Waals surface area contributed by atoms with Crippen molar-refractivity contribution in [3.63, 3.8) is 0 Å². The molecule has 1 heterocycles. The maximum Gasteiger partial charge on any atom is 0.338 e. The number of nitrogens with one attached hydrogen (secondary N) is 3. The van der Waals surface area contributed by atoms with Gasteiger partial charge in [-0.2, -0.15) is 5.10 Å². The lowest BCUT2D eigenvalue weighted by atomic mass is 9.95. The molecule has 3 aromatic rings. The predicted octanol–water partition coefficient (Wildman–Crippen LogP) is 3.91. The zero-order valence-corrected chi connectivity index (χ0v) is 26.0. The summed E-state index contributed by atoms with van der Waals surface area (Å²) in [6, 6.07) is 14.6. The van der Waals surface area contributed by atoms with E-state index in [-0.39, 0.29) is 42.6 Å². The van der Waals surface area contributed by atoms with Crippen LogP contribution >= 0.6 is 0 Å². The molecule has 15 nitrogen and oxygen atoms in total. The molecule has 0 aromatic heterocycles. The number of nitro benzene ring substituents is 1. The van der Waals surface area contributed by atoms with Gasteiger partial charge in [0.2, 0.25) is 0 Å². The van der Waals surface area contributed by atoms with E-state index in [2.05, 4.69) is 21.2 Å². The predicted molar refractivity (Wildman–Crippen MR) is 168 cm³/mol. The third-order valence-electron chi connectivity index (χ3n) is 6.78. The van der Waals surface area contributed by atoms with Crippen LogP contribution in [0.2, 0.25) is 0 Å². The van der Waals surface area contributed by atoms with Crippen molar-refractivity contribution < 1.29 is 43.0 Å². The SMILES string of the molecule is CCOC(=O)C1=C(C)NC(=O)N[C@H]1c1ccc(OCC(=O)N/N=C\c2ccc(OCc3ccc([N+](=O)[O-])cc3)c(OC)c2)c(OC)c1. The lowest BCUT2D eigenvalue weighted by molar-refractivity contribution is -0.384. The van der Waals surface area contributed by atoms with Gasteiger partial charge in [0.05, 0.1) is 43.6 Å². The second kappa shape index (κ2) is 15.7. The number of allylic oxidation sites excluding steroid dienone is 1. The van der Waals surface area contributed by atoms with Crippen LogP contribution in [0.25, 0.3) is 0 Å². The van der Waals surface area contributed by atoms with E-state index in [1.54, 1.807) is 62.4 Å². The number of nitrogens with zero attached hydrogens (tertiary/aromatic N) is 2. The first-order valence-electron chi connectivity index (χ1n) is 14.3. The van der Waals surface area contributed by atoms with E-state index in [0.717, 1.165) is 5.56 Å². The smallest absolute Gasteiger partial charge is 0.338 e. The number of esters is 1. The van der Waals surface area contributed by atoms with E-state index < -0.39 is 28.9 Å². The molecular formula is C32H33N5O10. The molecule has 1 aliphatic heterocycles.